The van der Waals surface area contributed by atoms with Crippen LogP contribution in [0.1, 0.15) is 45.2 Å². The van der Waals surface area contributed by atoms with E-state index in [-0.39, 0.29) is 11.8 Å². The minimum absolute atomic E-state index is 0.0246. The first-order chi connectivity index (χ1) is 29.3. The highest BCUT2D eigenvalue weighted by Crippen LogP contribution is 2.62. The SMILES string of the molecule is c1ccc(-c2cccc(N(c3ccccc3-c3ccccc3)c3ccc(-c4cccc5c4Oc4ccccc4S5)c4c3C3c5ccccc5C4c4ccccc43)c2)cc1. The molecule has 0 saturated carbocycles. The van der Waals surface area contributed by atoms with Crippen molar-refractivity contribution in [3.8, 4) is 44.9 Å². The number of anilines is 3. The molecule has 9 aromatic carbocycles. The summed E-state index contributed by atoms with van der Waals surface area (Å²) in [7, 11) is 0. The second-order valence-corrected chi connectivity index (χ2v) is 16.6. The molecule has 3 heteroatoms. The topological polar surface area (TPSA) is 12.5 Å². The molecule has 4 aliphatic rings. The van der Waals surface area contributed by atoms with Crippen molar-refractivity contribution in [2.24, 2.45) is 0 Å². The van der Waals surface area contributed by atoms with E-state index in [1.807, 2.05) is 0 Å². The van der Waals surface area contributed by atoms with Crippen LogP contribution in [0.25, 0.3) is 33.4 Å². The van der Waals surface area contributed by atoms with Crippen LogP contribution in [-0.2, 0) is 0 Å². The molecule has 59 heavy (non-hydrogen) atoms. The molecule has 3 aliphatic carbocycles. The molecule has 0 aromatic heterocycles. The molecule has 1 aliphatic heterocycles. The molecule has 9 aromatic rings. The second-order valence-electron chi connectivity index (χ2n) is 15.5. The van der Waals surface area contributed by atoms with Crippen LogP contribution in [-0.4, -0.2) is 0 Å². The van der Waals surface area contributed by atoms with Crippen molar-refractivity contribution >= 4 is 28.8 Å². The van der Waals surface area contributed by atoms with E-state index in [0.717, 1.165) is 38.2 Å². The van der Waals surface area contributed by atoms with Crippen molar-refractivity contribution in [1.82, 2.24) is 0 Å². The summed E-state index contributed by atoms with van der Waals surface area (Å²) in [6.07, 6.45) is 0. The fraction of sp³-hybridized carbons (Fsp3) is 0.0357. The van der Waals surface area contributed by atoms with E-state index in [4.69, 9.17) is 4.74 Å². The van der Waals surface area contributed by atoms with Crippen LogP contribution in [0.5, 0.6) is 11.5 Å². The Labute approximate surface area is 349 Å². The number of benzene rings is 9. The normalized spacial score (nSPS) is 15.2. The number of ether oxygens (including phenoxy) is 1. The number of hydrogen-bond donors (Lipinski definition) is 0. The van der Waals surface area contributed by atoms with E-state index in [9.17, 15) is 0 Å². The third-order valence-electron chi connectivity index (χ3n) is 12.3. The van der Waals surface area contributed by atoms with Crippen LogP contribution in [0.3, 0.4) is 0 Å². The van der Waals surface area contributed by atoms with Gasteiger partial charge in [0.15, 0.2) is 0 Å². The molecule has 0 atom stereocenters. The summed E-state index contributed by atoms with van der Waals surface area (Å²) in [6, 6.07) is 77.6. The molecule has 0 N–H and O–H groups in total. The van der Waals surface area contributed by atoms with E-state index in [2.05, 4.69) is 217 Å². The van der Waals surface area contributed by atoms with Gasteiger partial charge in [-0.2, -0.15) is 0 Å². The monoisotopic (exact) mass is 771 g/mol. The molecular formula is C56H37NOS. The Morgan fingerprint density at radius 2 is 0.932 bits per heavy atom. The summed E-state index contributed by atoms with van der Waals surface area (Å²) in [6.45, 7) is 0. The summed E-state index contributed by atoms with van der Waals surface area (Å²) in [5, 5.41) is 0. The Kier molecular flexibility index (Phi) is 7.95. The lowest BCUT2D eigenvalue weighted by atomic mass is 9.59. The molecule has 0 saturated heterocycles. The third-order valence-corrected chi connectivity index (χ3v) is 13.4. The number of nitrogens with zero attached hydrogens (tertiary/aromatic N) is 1. The summed E-state index contributed by atoms with van der Waals surface area (Å²) < 4.78 is 6.88. The van der Waals surface area contributed by atoms with E-state index >= 15 is 0 Å². The molecule has 0 spiro atoms. The van der Waals surface area contributed by atoms with Gasteiger partial charge in [0.25, 0.3) is 0 Å². The summed E-state index contributed by atoms with van der Waals surface area (Å²) in [5.41, 5.74) is 18.7. The number of para-hydroxylation sites is 3. The van der Waals surface area contributed by atoms with E-state index < -0.39 is 0 Å². The number of rotatable bonds is 6. The quantitative estimate of drug-likeness (QED) is 0.167. The molecule has 278 valence electrons. The van der Waals surface area contributed by atoms with Crippen molar-refractivity contribution in [2.75, 3.05) is 4.90 Å². The average Bonchev–Trinajstić information content (AvgIpc) is 3.31. The maximum absolute atomic E-state index is 6.88. The van der Waals surface area contributed by atoms with Crippen molar-refractivity contribution < 1.29 is 4.74 Å². The van der Waals surface area contributed by atoms with Gasteiger partial charge < -0.3 is 9.64 Å². The van der Waals surface area contributed by atoms with Crippen LogP contribution in [0.4, 0.5) is 17.1 Å². The molecule has 0 unspecified atom stereocenters. The Morgan fingerprint density at radius 1 is 0.373 bits per heavy atom. The van der Waals surface area contributed by atoms with Gasteiger partial charge in [-0.1, -0.05) is 182 Å². The first-order valence-electron chi connectivity index (χ1n) is 20.3. The van der Waals surface area contributed by atoms with Gasteiger partial charge in [0, 0.05) is 28.7 Å². The fourth-order valence-corrected chi connectivity index (χ4v) is 10.8. The fourth-order valence-electron chi connectivity index (χ4n) is 9.85. The molecule has 2 bridgehead atoms. The zero-order valence-electron chi connectivity index (χ0n) is 32.1. The van der Waals surface area contributed by atoms with Crippen molar-refractivity contribution in [1.29, 1.82) is 0 Å². The van der Waals surface area contributed by atoms with Gasteiger partial charge in [0.1, 0.15) is 11.5 Å². The second kappa shape index (κ2) is 13.8. The van der Waals surface area contributed by atoms with Gasteiger partial charge in [-0.05, 0) is 98.1 Å². The predicted molar refractivity (Wildman–Crippen MR) is 243 cm³/mol. The van der Waals surface area contributed by atoms with Gasteiger partial charge in [0.05, 0.1) is 21.2 Å². The predicted octanol–water partition coefficient (Wildman–Crippen LogP) is 15.4. The Hall–Kier alpha value is -7.07. The largest absolute Gasteiger partial charge is 0.454 e. The van der Waals surface area contributed by atoms with Gasteiger partial charge >= 0.3 is 0 Å². The van der Waals surface area contributed by atoms with Gasteiger partial charge in [-0.15, -0.1) is 0 Å². The highest BCUT2D eigenvalue weighted by molar-refractivity contribution is 7.99. The van der Waals surface area contributed by atoms with Crippen LogP contribution in [0.15, 0.2) is 222 Å². The summed E-state index contributed by atoms with van der Waals surface area (Å²) in [5.74, 6) is 1.90. The Morgan fingerprint density at radius 3 is 1.68 bits per heavy atom. The van der Waals surface area contributed by atoms with Crippen LogP contribution in [0.2, 0.25) is 0 Å². The standard InChI is InChI=1S/C56H37NOS/c1-3-17-36(18-4-1)38-21-15-22-39(35-38)57(47-29-12-11-23-40(47)37-19-5-2-6-20-37)48-34-33-45(46-28-16-32-51-56(46)58-49-30-13-14-31-50(49)59-51)54-52-41-24-7-9-26-43(41)53(55(48)54)44-27-10-8-25-42(44)52/h1-35,52-53H. The first kappa shape index (κ1) is 34.0. The van der Waals surface area contributed by atoms with Crippen molar-refractivity contribution in [2.45, 2.75) is 21.6 Å². The van der Waals surface area contributed by atoms with Gasteiger partial charge in [-0.25, -0.2) is 0 Å². The van der Waals surface area contributed by atoms with Crippen molar-refractivity contribution in [3.63, 3.8) is 0 Å². The maximum Gasteiger partial charge on any atom is 0.149 e. The zero-order chi connectivity index (χ0) is 38.9. The van der Waals surface area contributed by atoms with Crippen LogP contribution in [0, 0.1) is 0 Å². The summed E-state index contributed by atoms with van der Waals surface area (Å²) >= 11 is 1.79. The third kappa shape index (κ3) is 5.42. The minimum atomic E-state index is 0.0246. The Balaban J connectivity index is 1.17. The highest BCUT2D eigenvalue weighted by Gasteiger charge is 2.45. The maximum atomic E-state index is 6.88. The van der Waals surface area contributed by atoms with E-state index in [1.165, 1.54) is 66.9 Å². The minimum Gasteiger partial charge on any atom is -0.454 e. The zero-order valence-corrected chi connectivity index (χ0v) is 32.9. The lowest BCUT2D eigenvalue weighted by Crippen LogP contribution is -2.30. The van der Waals surface area contributed by atoms with Crippen LogP contribution < -0.4 is 9.64 Å². The summed E-state index contributed by atoms with van der Waals surface area (Å²) in [4.78, 5) is 4.81. The first-order valence-corrected chi connectivity index (χ1v) is 21.1. The average molecular weight is 772 g/mol. The molecule has 0 amide bonds. The smallest absolute Gasteiger partial charge is 0.149 e. The van der Waals surface area contributed by atoms with Crippen LogP contribution >= 0.6 is 11.8 Å². The number of hydrogen-bond acceptors (Lipinski definition) is 3. The van der Waals surface area contributed by atoms with E-state index in [0.29, 0.717) is 0 Å². The molecular weight excluding hydrogens is 735 g/mol. The molecule has 0 fully saturated rings. The molecule has 13 rings (SSSR count). The lowest BCUT2D eigenvalue weighted by molar-refractivity contribution is 0.456. The highest BCUT2D eigenvalue weighted by atomic mass is 32.2. The molecule has 0 radical (unpaired) electrons. The molecule has 2 nitrogen and oxygen atoms in total. The van der Waals surface area contributed by atoms with Gasteiger partial charge in [-0.3, -0.25) is 0 Å². The number of fused-ring (bicyclic) bond motifs is 2. The van der Waals surface area contributed by atoms with Gasteiger partial charge in [0.2, 0.25) is 0 Å². The van der Waals surface area contributed by atoms with E-state index in [1.54, 1.807) is 11.8 Å². The van der Waals surface area contributed by atoms with Crippen molar-refractivity contribution in [3.05, 3.63) is 246 Å². The lowest BCUT2D eigenvalue weighted by Gasteiger charge is -2.45. The Bertz CT molecular complexity index is 3030. The molecule has 1 heterocycles.